The standard InChI is InChI=1S/C14H16N8O2/c1-20-13(11-4-2-3-5-16-11)19-22(14(20)24)7-6-17-12(23)8-21-10-15-9-18-21/h2-5,9-10H,6-8H2,1H3,(H,17,23). The van der Waals surface area contributed by atoms with Gasteiger partial charge in [0.05, 0.1) is 6.54 Å². The Labute approximate surface area is 136 Å². The van der Waals surface area contributed by atoms with Crippen molar-refractivity contribution in [2.45, 2.75) is 13.1 Å². The molecule has 0 radical (unpaired) electrons. The van der Waals surface area contributed by atoms with Crippen molar-refractivity contribution in [3.8, 4) is 11.5 Å². The molecule has 0 aliphatic heterocycles. The number of aromatic nitrogens is 7. The largest absolute Gasteiger partial charge is 0.353 e. The normalized spacial score (nSPS) is 10.7. The molecule has 3 aromatic rings. The second-order valence-corrected chi connectivity index (χ2v) is 5.05. The Morgan fingerprint density at radius 2 is 2.21 bits per heavy atom. The maximum atomic E-state index is 12.2. The molecule has 1 N–H and O–H groups in total. The van der Waals surface area contributed by atoms with Crippen LogP contribution in [0.5, 0.6) is 0 Å². The molecular weight excluding hydrogens is 312 g/mol. The first-order valence-corrected chi connectivity index (χ1v) is 7.29. The van der Waals surface area contributed by atoms with Gasteiger partial charge in [-0.2, -0.15) is 5.10 Å². The fourth-order valence-corrected chi connectivity index (χ4v) is 2.17. The summed E-state index contributed by atoms with van der Waals surface area (Å²) < 4.78 is 4.15. The van der Waals surface area contributed by atoms with Crippen LogP contribution in [0.3, 0.4) is 0 Å². The highest BCUT2D eigenvalue weighted by molar-refractivity contribution is 5.75. The second kappa shape index (κ2) is 6.86. The molecule has 10 nitrogen and oxygen atoms in total. The molecule has 0 spiro atoms. The maximum absolute atomic E-state index is 12.2. The lowest BCUT2D eigenvalue weighted by molar-refractivity contribution is -0.121. The molecule has 0 atom stereocenters. The zero-order valence-electron chi connectivity index (χ0n) is 13.0. The van der Waals surface area contributed by atoms with Crippen molar-refractivity contribution in [1.82, 2.24) is 39.4 Å². The molecule has 3 aromatic heterocycles. The highest BCUT2D eigenvalue weighted by Gasteiger charge is 2.13. The average Bonchev–Trinajstić information content (AvgIpc) is 3.19. The van der Waals surface area contributed by atoms with E-state index in [9.17, 15) is 9.59 Å². The van der Waals surface area contributed by atoms with Gasteiger partial charge in [0.15, 0.2) is 5.82 Å². The third-order valence-electron chi connectivity index (χ3n) is 3.35. The first-order chi connectivity index (χ1) is 11.6. The van der Waals surface area contributed by atoms with Crippen LogP contribution >= 0.6 is 0 Å². The molecule has 0 saturated carbocycles. The molecule has 24 heavy (non-hydrogen) atoms. The Morgan fingerprint density at radius 1 is 1.33 bits per heavy atom. The van der Waals surface area contributed by atoms with E-state index in [2.05, 4.69) is 25.5 Å². The fourth-order valence-electron chi connectivity index (χ4n) is 2.17. The molecule has 1 amide bonds. The van der Waals surface area contributed by atoms with E-state index in [1.54, 1.807) is 25.4 Å². The summed E-state index contributed by atoms with van der Waals surface area (Å²) in [6.07, 6.45) is 4.46. The summed E-state index contributed by atoms with van der Waals surface area (Å²) in [5.74, 6) is 0.268. The van der Waals surface area contributed by atoms with Gasteiger partial charge in [0.25, 0.3) is 0 Å². The van der Waals surface area contributed by atoms with E-state index < -0.39 is 0 Å². The van der Waals surface area contributed by atoms with Crippen LogP contribution in [0.4, 0.5) is 0 Å². The van der Waals surface area contributed by atoms with Crippen molar-refractivity contribution in [3.63, 3.8) is 0 Å². The number of amides is 1. The topological polar surface area (TPSA) is 113 Å². The summed E-state index contributed by atoms with van der Waals surface area (Å²) in [6.45, 7) is 0.630. The van der Waals surface area contributed by atoms with Crippen LogP contribution in [-0.2, 0) is 24.9 Å². The number of pyridine rings is 1. The van der Waals surface area contributed by atoms with Crippen LogP contribution in [0.25, 0.3) is 11.5 Å². The summed E-state index contributed by atoms with van der Waals surface area (Å²) in [4.78, 5) is 31.9. The number of carbonyl (C=O) groups excluding carboxylic acids is 1. The fraction of sp³-hybridized carbons (Fsp3) is 0.286. The van der Waals surface area contributed by atoms with Crippen LogP contribution in [-0.4, -0.2) is 46.5 Å². The van der Waals surface area contributed by atoms with Crippen LogP contribution in [0.2, 0.25) is 0 Å². The number of carbonyl (C=O) groups is 1. The summed E-state index contributed by atoms with van der Waals surface area (Å²) in [6, 6.07) is 5.41. The molecule has 0 aliphatic carbocycles. The van der Waals surface area contributed by atoms with Crippen LogP contribution in [0.1, 0.15) is 0 Å². The van der Waals surface area contributed by atoms with Gasteiger partial charge in [-0.1, -0.05) is 6.07 Å². The van der Waals surface area contributed by atoms with Crippen molar-refractivity contribution in [3.05, 3.63) is 47.5 Å². The predicted molar refractivity (Wildman–Crippen MR) is 83.7 cm³/mol. The third-order valence-corrected chi connectivity index (χ3v) is 3.35. The Bertz CT molecular complexity index is 866. The molecule has 3 heterocycles. The van der Waals surface area contributed by atoms with E-state index >= 15 is 0 Å². The van der Waals surface area contributed by atoms with Gasteiger partial charge >= 0.3 is 5.69 Å². The lowest BCUT2D eigenvalue weighted by Crippen LogP contribution is -2.33. The summed E-state index contributed by atoms with van der Waals surface area (Å²) >= 11 is 0. The van der Waals surface area contributed by atoms with E-state index in [1.165, 1.54) is 26.6 Å². The molecule has 3 rings (SSSR count). The van der Waals surface area contributed by atoms with E-state index in [1.807, 2.05) is 6.07 Å². The zero-order valence-corrected chi connectivity index (χ0v) is 13.0. The third kappa shape index (κ3) is 3.37. The first-order valence-electron chi connectivity index (χ1n) is 7.29. The van der Waals surface area contributed by atoms with Crippen molar-refractivity contribution in [2.24, 2.45) is 7.05 Å². The molecular formula is C14H16N8O2. The van der Waals surface area contributed by atoms with Crippen molar-refractivity contribution in [2.75, 3.05) is 6.54 Å². The summed E-state index contributed by atoms with van der Waals surface area (Å²) in [5, 5.41) is 10.8. The molecule has 0 aromatic carbocycles. The van der Waals surface area contributed by atoms with E-state index in [0.29, 0.717) is 11.5 Å². The number of rotatable bonds is 6. The zero-order chi connectivity index (χ0) is 16.9. The van der Waals surface area contributed by atoms with Gasteiger partial charge < -0.3 is 5.32 Å². The molecule has 124 valence electrons. The smallest absolute Gasteiger partial charge is 0.346 e. The van der Waals surface area contributed by atoms with E-state index in [4.69, 9.17) is 0 Å². The molecule has 0 unspecified atom stereocenters. The SMILES string of the molecule is Cn1c(-c2ccccn2)nn(CCNC(=O)Cn2cncn2)c1=O. The molecule has 0 aliphatic rings. The Morgan fingerprint density at radius 3 is 2.92 bits per heavy atom. The first kappa shape index (κ1) is 15.6. The summed E-state index contributed by atoms with van der Waals surface area (Å²) in [7, 11) is 1.64. The molecule has 0 bridgehead atoms. The van der Waals surface area contributed by atoms with Gasteiger partial charge in [0, 0.05) is 19.8 Å². The molecule has 0 fully saturated rings. The quantitative estimate of drug-likeness (QED) is 0.624. The van der Waals surface area contributed by atoms with Crippen molar-refractivity contribution in [1.29, 1.82) is 0 Å². The highest BCUT2D eigenvalue weighted by Crippen LogP contribution is 2.09. The van der Waals surface area contributed by atoms with Gasteiger partial charge in [-0.05, 0) is 12.1 Å². The predicted octanol–water partition coefficient (Wildman–Crippen LogP) is -0.948. The Kier molecular flexibility index (Phi) is 4.45. The Hall–Kier alpha value is -3.30. The van der Waals surface area contributed by atoms with Crippen LogP contribution in [0, 0.1) is 0 Å². The molecule has 10 heteroatoms. The highest BCUT2D eigenvalue weighted by atomic mass is 16.2. The van der Waals surface area contributed by atoms with Gasteiger partial charge in [0.1, 0.15) is 24.9 Å². The van der Waals surface area contributed by atoms with Crippen molar-refractivity contribution < 1.29 is 4.79 Å². The minimum absolute atomic E-state index is 0.0797. The number of nitrogens with one attached hydrogen (secondary N) is 1. The average molecular weight is 328 g/mol. The minimum Gasteiger partial charge on any atom is -0.353 e. The number of nitrogens with zero attached hydrogens (tertiary/aromatic N) is 7. The molecule has 0 saturated heterocycles. The van der Waals surface area contributed by atoms with Crippen LogP contribution < -0.4 is 11.0 Å². The summed E-state index contributed by atoms with van der Waals surface area (Å²) in [5.41, 5.74) is 0.354. The van der Waals surface area contributed by atoms with E-state index in [-0.39, 0.29) is 31.2 Å². The van der Waals surface area contributed by atoms with Gasteiger partial charge in [-0.25, -0.2) is 19.1 Å². The monoisotopic (exact) mass is 328 g/mol. The van der Waals surface area contributed by atoms with E-state index in [0.717, 1.165) is 0 Å². The lowest BCUT2D eigenvalue weighted by Gasteiger charge is -2.04. The van der Waals surface area contributed by atoms with Crippen LogP contribution in [0.15, 0.2) is 41.8 Å². The van der Waals surface area contributed by atoms with Gasteiger partial charge in [-0.3, -0.25) is 14.3 Å². The number of hydrogen-bond acceptors (Lipinski definition) is 6. The van der Waals surface area contributed by atoms with Gasteiger partial charge in [-0.15, -0.1) is 5.10 Å². The maximum Gasteiger partial charge on any atom is 0.346 e. The minimum atomic E-state index is -0.263. The number of hydrogen-bond donors (Lipinski definition) is 1. The lowest BCUT2D eigenvalue weighted by atomic mass is 10.3. The van der Waals surface area contributed by atoms with Crippen molar-refractivity contribution >= 4 is 5.91 Å². The van der Waals surface area contributed by atoms with Gasteiger partial charge in [0.2, 0.25) is 5.91 Å². The second-order valence-electron chi connectivity index (χ2n) is 5.05. The Balaban J connectivity index is 1.62.